The summed E-state index contributed by atoms with van der Waals surface area (Å²) in [6.07, 6.45) is 0.834. The van der Waals surface area contributed by atoms with Gasteiger partial charge in [0.05, 0.1) is 24.8 Å². The van der Waals surface area contributed by atoms with Crippen LogP contribution in [0, 0.1) is 0 Å². The van der Waals surface area contributed by atoms with E-state index in [0.29, 0.717) is 31.5 Å². The molecule has 0 aliphatic carbocycles. The predicted octanol–water partition coefficient (Wildman–Crippen LogP) is 3.67. The van der Waals surface area contributed by atoms with Crippen molar-refractivity contribution in [2.24, 2.45) is 0 Å². The van der Waals surface area contributed by atoms with E-state index in [4.69, 9.17) is 25.8 Å². The lowest BCUT2D eigenvalue weighted by Crippen LogP contribution is -2.07. The summed E-state index contributed by atoms with van der Waals surface area (Å²) < 4.78 is 15.8. The Hall–Kier alpha value is -0.290. The first kappa shape index (κ1) is 15.8. The van der Waals surface area contributed by atoms with E-state index in [9.17, 15) is 0 Å². The number of ether oxygens (including phenoxy) is 3. The maximum atomic E-state index is 6.10. The molecule has 5 heteroatoms. The summed E-state index contributed by atoms with van der Waals surface area (Å²) in [5.41, 5.74) is 1.13. The van der Waals surface area contributed by atoms with Crippen molar-refractivity contribution < 1.29 is 14.2 Å². The van der Waals surface area contributed by atoms with E-state index in [1.807, 2.05) is 18.2 Å². The summed E-state index contributed by atoms with van der Waals surface area (Å²) in [6, 6.07) is 5.79. The number of halogens is 2. The molecule has 18 heavy (non-hydrogen) atoms. The maximum Gasteiger partial charge on any atom is 0.137 e. The second kappa shape index (κ2) is 9.62. The topological polar surface area (TPSA) is 27.7 Å². The third-order valence-corrected chi connectivity index (χ3v) is 3.22. The lowest BCUT2D eigenvalue weighted by molar-refractivity contribution is 0.0644. The minimum absolute atomic E-state index is 0.598. The highest BCUT2D eigenvalue weighted by molar-refractivity contribution is 9.08. The summed E-state index contributed by atoms with van der Waals surface area (Å²) in [5.74, 6) is 0.721. The van der Waals surface area contributed by atoms with E-state index in [-0.39, 0.29) is 0 Å². The van der Waals surface area contributed by atoms with Crippen LogP contribution in [-0.4, -0.2) is 33.5 Å². The fraction of sp³-hybridized carbons (Fsp3) is 0.538. The monoisotopic (exact) mass is 336 g/mol. The van der Waals surface area contributed by atoms with Crippen LogP contribution in [0.25, 0.3) is 0 Å². The highest BCUT2D eigenvalue weighted by atomic mass is 79.9. The summed E-state index contributed by atoms with van der Waals surface area (Å²) in [4.78, 5) is 0. The molecule has 0 aromatic heterocycles. The molecule has 0 aliphatic rings. The first-order valence-electron chi connectivity index (χ1n) is 5.81. The summed E-state index contributed by atoms with van der Waals surface area (Å²) in [6.45, 7) is 2.51. The van der Waals surface area contributed by atoms with Gasteiger partial charge in [-0.05, 0) is 17.7 Å². The van der Waals surface area contributed by atoms with E-state index in [2.05, 4.69) is 15.9 Å². The van der Waals surface area contributed by atoms with Crippen molar-refractivity contribution in [1.82, 2.24) is 0 Å². The van der Waals surface area contributed by atoms with Gasteiger partial charge in [-0.1, -0.05) is 33.6 Å². The number of hydrogen-bond acceptors (Lipinski definition) is 3. The number of hydrogen-bond donors (Lipinski definition) is 0. The quantitative estimate of drug-likeness (QED) is 0.508. The van der Waals surface area contributed by atoms with Gasteiger partial charge in [0.25, 0.3) is 0 Å². The third-order valence-electron chi connectivity index (χ3n) is 2.27. The molecule has 0 radical (unpaired) electrons. The molecular weight excluding hydrogens is 319 g/mol. The van der Waals surface area contributed by atoms with Gasteiger partial charge < -0.3 is 14.2 Å². The van der Waals surface area contributed by atoms with Crippen LogP contribution in [0.15, 0.2) is 18.2 Å². The number of methoxy groups -OCH3 is 1. The van der Waals surface area contributed by atoms with Crippen LogP contribution >= 0.6 is 27.5 Å². The summed E-state index contributed by atoms with van der Waals surface area (Å²) in [7, 11) is 1.66. The minimum Gasteiger partial charge on any atom is -0.492 e. The van der Waals surface area contributed by atoms with Gasteiger partial charge in [-0.2, -0.15) is 0 Å². The lowest BCUT2D eigenvalue weighted by Gasteiger charge is -2.09. The molecule has 3 nitrogen and oxygen atoms in total. The fourth-order valence-electron chi connectivity index (χ4n) is 1.33. The van der Waals surface area contributed by atoms with Crippen molar-refractivity contribution in [3.05, 3.63) is 28.8 Å². The van der Waals surface area contributed by atoms with Crippen molar-refractivity contribution in [3.8, 4) is 5.75 Å². The molecule has 0 atom stereocenters. The molecular formula is C13H18BrClO3. The van der Waals surface area contributed by atoms with Gasteiger partial charge in [0, 0.05) is 25.5 Å². The number of alkyl halides is 1. The molecule has 0 fully saturated rings. The lowest BCUT2D eigenvalue weighted by atomic mass is 10.2. The summed E-state index contributed by atoms with van der Waals surface area (Å²) >= 11 is 9.48. The Labute approximate surface area is 121 Å². The Balaban J connectivity index is 2.19. The van der Waals surface area contributed by atoms with Gasteiger partial charge in [0.2, 0.25) is 0 Å². The molecule has 0 aliphatic heterocycles. The van der Waals surface area contributed by atoms with Crippen LogP contribution in [-0.2, 0) is 14.8 Å². The van der Waals surface area contributed by atoms with Gasteiger partial charge in [0.1, 0.15) is 5.75 Å². The van der Waals surface area contributed by atoms with Crippen LogP contribution in [0.1, 0.15) is 12.0 Å². The van der Waals surface area contributed by atoms with Crippen LogP contribution < -0.4 is 4.74 Å². The maximum absolute atomic E-state index is 6.10. The SMILES string of the molecule is COCCOCCCOc1ccc(CBr)cc1Cl. The van der Waals surface area contributed by atoms with E-state index >= 15 is 0 Å². The normalized spacial score (nSPS) is 10.6. The van der Waals surface area contributed by atoms with Crippen LogP contribution in [0.5, 0.6) is 5.75 Å². The van der Waals surface area contributed by atoms with Gasteiger partial charge >= 0.3 is 0 Å². The number of benzene rings is 1. The van der Waals surface area contributed by atoms with Gasteiger partial charge in [-0.3, -0.25) is 0 Å². The molecule has 0 heterocycles. The van der Waals surface area contributed by atoms with E-state index in [0.717, 1.165) is 23.1 Å². The van der Waals surface area contributed by atoms with Crippen molar-refractivity contribution in [2.45, 2.75) is 11.8 Å². The van der Waals surface area contributed by atoms with E-state index < -0.39 is 0 Å². The Kier molecular flexibility index (Phi) is 8.42. The van der Waals surface area contributed by atoms with Crippen molar-refractivity contribution in [1.29, 1.82) is 0 Å². The molecule has 0 unspecified atom stereocenters. The standard InChI is InChI=1S/C13H18BrClO3/c1-16-7-8-17-5-2-6-18-13-4-3-11(10-14)9-12(13)15/h3-4,9H,2,5-8,10H2,1H3. The Morgan fingerprint density at radius 1 is 1.17 bits per heavy atom. The average Bonchev–Trinajstić information content (AvgIpc) is 2.39. The third kappa shape index (κ3) is 6.05. The minimum atomic E-state index is 0.598. The Bertz CT molecular complexity index is 347. The predicted molar refractivity (Wildman–Crippen MR) is 76.9 cm³/mol. The number of rotatable bonds is 9. The molecule has 1 rings (SSSR count). The zero-order valence-corrected chi connectivity index (χ0v) is 12.8. The van der Waals surface area contributed by atoms with Crippen LogP contribution in [0.4, 0.5) is 0 Å². The van der Waals surface area contributed by atoms with Crippen LogP contribution in [0.2, 0.25) is 5.02 Å². The fourth-order valence-corrected chi connectivity index (χ4v) is 1.94. The van der Waals surface area contributed by atoms with Crippen molar-refractivity contribution in [3.63, 3.8) is 0 Å². The van der Waals surface area contributed by atoms with Crippen molar-refractivity contribution in [2.75, 3.05) is 33.5 Å². The smallest absolute Gasteiger partial charge is 0.137 e. The van der Waals surface area contributed by atoms with E-state index in [1.54, 1.807) is 7.11 Å². The first-order valence-corrected chi connectivity index (χ1v) is 7.31. The molecule has 1 aromatic carbocycles. The molecule has 0 N–H and O–H groups in total. The molecule has 0 saturated heterocycles. The second-order valence-corrected chi connectivity index (χ2v) is 4.67. The van der Waals surface area contributed by atoms with Gasteiger partial charge in [0.15, 0.2) is 0 Å². The largest absolute Gasteiger partial charge is 0.492 e. The molecule has 102 valence electrons. The highest BCUT2D eigenvalue weighted by Gasteiger charge is 2.02. The van der Waals surface area contributed by atoms with E-state index in [1.165, 1.54) is 0 Å². The Morgan fingerprint density at radius 3 is 2.67 bits per heavy atom. The van der Waals surface area contributed by atoms with Gasteiger partial charge in [-0.15, -0.1) is 0 Å². The summed E-state index contributed by atoms with van der Waals surface area (Å²) in [5, 5.41) is 1.44. The zero-order chi connectivity index (χ0) is 13.2. The second-order valence-electron chi connectivity index (χ2n) is 3.71. The van der Waals surface area contributed by atoms with Crippen molar-refractivity contribution >= 4 is 27.5 Å². The van der Waals surface area contributed by atoms with Crippen LogP contribution in [0.3, 0.4) is 0 Å². The zero-order valence-electron chi connectivity index (χ0n) is 10.5. The molecule has 1 aromatic rings. The molecule has 0 saturated carbocycles. The molecule has 0 spiro atoms. The highest BCUT2D eigenvalue weighted by Crippen LogP contribution is 2.26. The van der Waals surface area contributed by atoms with Gasteiger partial charge in [-0.25, -0.2) is 0 Å². The average molecular weight is 338 g/mol. The molecule has 0 amide bonds. The Morgan fingerprint density at radius 2 is 2.00 bits per heavy atom. The molecule has 0 bridgehead atoms. The first-order chi connectivity index (χ1) is 8.77.